The average molecular weight is 315 g/mol. The topological polar surface area (TPSA) is 92.5 Å². The monoisotopic (exact) mass is 315 g/mol. The van der Waals surface area contributed by atoms with Crippen LogP contribution >= 0.6 is 0 Å². The van der Waals surface area contributed by atoms with E-state index < -0.39 is 9.84 Å². The van der Waals surface area contributed by atoms with E-state index in [1.807, 2.05) is 13.8 Å². The molecular formula is C13H21N3O4S. The fourth-order valence-electron chi connectivity index (χ4n) is 2.44. The van der Waals surface area contributed by atoms with E-state index in [-0.39, 0.29) is 23.5 Å². The summed E-state index contributed by atoms with van der Waals surface area (Å²) < 4.78 is 27.8. The quantitative estimate of drug-likeness (QED) is 0.890. The molecule has 0 radical (unpaired) electrons. The molecule has 0 spiro atoms. The van der Waals surface area contributed by atoms with Crippen LogP contribution in [-0.4, -0.2) is 49.6 Å². The third kappa shape index (κ3) is 3.96. The first kappa shape index (κ1) is 15.8. The van der Waals surface area contributed by atoms with Gasteiger partial charge in [0.05, 0.1) is 23.7 Å². The second kappa shape index (κ2) is 6.05. The highest BCUT2D eigenvalue weighted by atomic mass is 32.2. The van der Waals surface area contributed by atoms with Gasteiger partial charge in [0.2, 0.25) is 0 Å². The van der Waals surface area contributed by atoms with Gasteiger partial charge in [0.15, 0.2) is 9.84 Å². The second-order valence-corrected chi connectivity index (χ2v) is 7.84. The number of nitrogens with zero attached hydrogens (tertiary/aromatic N) is 2. The minimum absolute atomic E-state index is 0.0198. The number of carbonyl (C=O) groups is 1. The Balaban J connectivity index is 1.83. The third-order valence-corrected chi connectivity index (χ3v) is 5.63. The number of hydrogen-bond acceptors (Lipinski definition) is 5. The van der Waals surface area contributed by atoms with Gasteiger partial charge in [-0.3, -0.25) is 0 Å². The second-order valence-electron chi connectivity index (χ2n) is 5.61. The highest BCUT2D eigenvalue weighted by Gasteiger charge is 2.28. The highest BCUT2D eigenvalue weighted by molar-refractivity contribution is 7.91. The number of rotatable bonds is 4. The van der Waals surface area contributed by atoms with E-state index in [2.05, 4.69) is 10.5 Å². The number of nitrogens with one attached hydrogen (secondary N) is 1. The Hall–Kier alpha value is -1.57. The summed E-state index contributed by atoms with van der Waals surface area (Å²) in [5.74, 6) is 1.11. The molecule has 1 aromatic heterocycles. The van der Waals surface area contributed by atoms with Gasteiger partial charge in [0.1, 0.15) is 5.76 Å². The average Bonchev–Trinajstić information content (AvgIpc) is 2.92. The van der Waals surface area contributed by atoms with Gasteiger partial charge < -0.3 is 14.7 Å². The summed E-state index contributed by atoms with van der Waals surface area (Å²) in [6.07, 6.45) is 0.621. The summed E-state index contributed by atoms with van der Waals surface area (Å²) in [7, 11) is -1.21. The zero-order valence-corrected chi connectivity index (χ0v) is 13.4. The maximum atomic E-state index is 12.0. The molecule has 2 amide bonds. The molecule has 0 bridgehead atoms. The molecule has 1 atom stereocenters. The van der Waals surface area contributed by atoms with Gasteiger partial charge in [-0.2, -0.15) is 0 Å². The zero-order chi connectivity index (χ0) is 15.6. The van der Waals surface area contributed by atoms with Crippen LogP contribution in [0, 0.1) is 19.8 Å². The molecule has 1 aromatic rings. The molecule has 7 nitrogen and oxygen atoms in total. The maximum Gasteiger partial charge on any atom is 0.317 e. The lowest BCUT2D eigenvalue weighted by Crippen LogP contribution is -2.39. The third-order valence-electron chi connectivity index (χ3n) is 3.79. The largest absolute Gasteiger partial charge is 0.361 e. The number of sulfone groups is 1. The Morgan fingerprint density at radius 3 is 2.71 bits per heavy atom. The molecule has 21 heavy (non-hydrogen) atoms. The normalized spacial score (nSPS) is 20.4. The minimum Gasteiger partial charge on any atom is -0.361 e. The number of aromatic nitrogens is 1. The van der Waals surface area contributed by atoms with Crippen molar-refractivity contribution in [3.8, 4) is 0 Å². The molecule has 118 valence electrons. The summed E-state index contributed by atoms with van der Waals surface area (Å²) in [6.45, 7) is 4.45. The molecule has 1 aliphatic rings. The van der Waals surface area contributed by atoms with Gasteiger partial charge in [-0.15, -0.1) is 0 Å². The number of urea groups is 1. The van der Waals surface area contributed by atoms with Crippen LogP contribution in [0.25, 0.3) is 0 Å². The fraction of sp³-hybridized carbons (Fsp3) is 0.692. The number of carbonyl (C=O) groups excluding carboxylic acids is 1. The first-order valence-electron chi connectivity index (χ1n) is 6.89. The molecule has 2 heterocycles. The first-order valence-corrected chi connectivity index (χ1v) is 8.72. The van der Waals surface area contributed by atoms with Crippen molar-refractivity contribution in [2.75, 3.05) is 25.1 Å². The van der Waals surface area contributed by atoms with E-state index in [0.29, 0.717) is 25.3 Å². The van der Waals surface area contributed by atoms with Crippen LogP contribution in [0.3, 0.4) is 0 Å². The molecule has 0 aromatic carbocycles. The Bertz CT molecular complexity index is 604. The summed E-state index contributed by atoms with van der Waals surface area (Å²) in [5.41, 5.74) is 1.67. The van der Waals surface area contributed by atoms with Crippen LogP contribution in [0.1, 0.15) is 23.4 Å². The van der Waals surface area contributed by atoms with E-state index in [9.17, 15) is 13.2 Å². The van der Waals surface area contributed by atoms with Gasteiger partial charge in [0.25, 0.3) is 0 Å². The van der Waals surface area contributed by atoms with Gasteiger partial charge >= 0.3 is 6.03 Å². The Morgan fingerprint density at radius 1 is 1.48 bits per heavy atom. The molecule has 1 aliphatic heterocycles. The molecule has 2 rings (SSSR count). The van der Waals surface area contributed by atoms with Crippen LogP contribution in [0.15, 0.2) is 4.52 Å². The number of aryl methyl sites for hydroxylation is 2. The lowest BCUT2D eigenvalue weighted by molar-refractivity contribution is 0.205. The van der Waals surface area contributed by atoms with E-state index in [0.717, 1.165) is 11.3 Å². The smallest absolute Gasteiger partial charge is 0.317 e. The van der Waals surface area contributed by atoms with E-state index >= 15 is 0 Å². The van der Waals surface area contributed by atoms with Crippen LogP contribution in [0.2, 0.25) is 0 Å². The first-order chi connectivity index (χ1) is 9.78. The SMILES string of the molecule is Cc1noc(C)c1CN(C)C(=O)NCC1CCS(=O)(=O)C1. The van der Waals surface area contributed by atoms with Crippen LogP contribution in [-0.2, 0) is 16.4 Å². The van der Waals surface area contributed by atoms with Crippen molar-refractivity contribution in [3.05, 3.63) is 17.0 Å². The van der Waals surface area contributed by atoms with Crippen LogP contribution < -0.4 is 5.32 Å². The molecule has 0 aliphatic carbocycles. The molecule has 1 fully saturated rings. The summed E-state index contributed by atoms with van der Waals surface area (Å²) in [5, 5.41) is 6.64. The van der Waals surface area contributed by atoms with Crippen molar-refractivity contribution >= 4 is 15.9 Å². The van der Waals surface area contributed by atoms with Crippen molar-refractivity contribution in [2.45, 2.75) is 26.8 Å². The van der Waals surface area contributed by atoms with Gasteiger partial charge in [-0.1, -0.05) is 5.16 Å². The van der Waals surface area contributed by atoms with Crippen molar-refractivity contribution in [2.24, 2.45) is 5.92 Å². The molecule has 1 saturated heterocycles. The van der Waals surface area contributed by atoms with Crippen molar-refractivity contribution < 1.29 is 17.7 Å². The van der Waals surface area contributed by atoms with E-state index in [4.69, 9.17) is 4.52 Å². The van der Waals surface area contributed by atoms with Crippen molar-refractivity contribution in [3.63, 3.8) is 0 Å². The Kier molecular flexibility index (Phi) is 4.55. The molecule has 1 N–H and O–H groups in total. The number of hydrogen-bond donors (Lipinski definition) is 1. The van der Waals surface area contributed by atoms with Gasteiger partial charge in [0, 0.05) is 19.2 Å². The lowest BCUT2D eigenvalue weighted by atomic mass is 10.1. The maximum absolute atomic E-state index is 12.0. The minimum atomic E-state index is -2.90. The van der Waals surface area contributed by atoms with Crippen LogP contribution in [0.5, 0.6) is 0 Å². The fourth-order valence-corrected chi connectivity index (χ4v) is 4.30. The van der Waals surface area contributed by atoms with Gasteiger partial charge in [-0.05, 0) is 26.2 Å². The van der Waals surface area contributed by atoms with Crippen molar-refractivity contribution in [1.82, 2.24) is 15.4 Å². The summed E-state index contributed by atoms with van der Waals surface area (Å²) >= 11 is 0. The lowest BCUT2D eigenvalue weighted by Gasteiger charge is -2.19. The molecule has 1 unspecified atom stereocenters. The highest BCUT2D eigenvalue weighted by Crippen LogP contribution is 2.18. The van der Waals surface area contributed by atoms with Crippen LogP contribution in [0.4, 0.5) is 4.79 Å². The van der Waals surface area contributed by atoms with Gasteiger partial charge in [-0.25, -0.2) is 13.2 Å². The molecular weight excluding hydrogens is 294 g/mol. The summed E-state index contributed by atoms with van der Waals surface area (Å²) in [6, 6.07) is -0.223. The predicted octanol–water partition coefficient (Wildman–Crippen LogP) is 0.868. The van der Waals surface area contributed by atoms with E-state index in [1.54, 1.807) is 7.05 Å². The Morgan fingerprint density at radius 2 is 2.19 bits per heavy atom. The van der Waals surface area contributed by atoms with Crippen molar-refractivity contribution in [1.29, 1.82) is 0 Å². The predicted molar refractivity (Wildman–Crippen MR) is 77.6 cm³/mol. The molecule has 8 heteroatoms. The standard InChI is InChI=1S/C13H21N3O4S/c1-9-12(10(2)20-15-9)7-16(3)13(17)14-6-11-4-5-21(18,19)8-11/h11H,4-8H2,1-3H3,(H,14,17). The summed E-state index contributed by atoms with van der Waals surface area (Å²) in [4.78, 5) is 13.6. The number of amides is 2. The molecule has 0 saturated carbocycles. The Labute approximate surface area is 124 Å². The van der Waals surface area contributed by atoms with E-state index in [1.165, 1.54) is 4.90 Å². The zero-order valence-electron chi connectivity index (χ0n) is 12.5.